The Labute approximate surface area is 179 Å². The summed E-state index contributed by atoms with van der Waals surface area (Å²) in [4.78, 5) is 22.4. The Morgan fingerprint density at radius 2 is 1.96 bits per heavy atom. The molecule has 9 heteroatoms. The molecule has 0 heterocycles. The Bertz CT molecular complexity index is 971. The average molecular weight is 516 g/mol. The van der Waals surface area contributed by atoms with Crippen molar-refractivity contribution in [1.29, 1.82) is 5.26 Å². The lowest BCUT2D eigenvalue weighted by Gasteiger charge is -2.10. The standard InChI is InChI=1S/C18H12Cl2IN3O3/c19-13-3-1-11(6-14(13)20)9-27-16-4-2-10(7-15(16)21)5-12(8-22)17(25)24-18(23)26/h1-7H,9H2,(H3,23,24,25,26)/b12-5-. The van der Waals surface area contributed by atoms with Gasteiger partial charge in [0.15, 0.2) is 0 Å². The number of nitrogens with zero attached hydrogens (tertiary/aromatic N) is 1. The van der Waals surface area contributed by atoms with Gasteiger partial charge in [-0.3, -0.25) is 10.1 Å². The first-order valence-electron chi connectivity index (χ1n) is 7.39. The second-order valence-electron chi connectivity index (χ2n) is 5.22. The molecule has 138 valence electrons. The highest BCUT2D eigenvalue weighted by atomic mass is 127. The molecule has 0 aromatic heterocycles. The number of benzene rings is 2. The lowest BCUT2D eigenvalue weighted by molar-refractivity contribution is -0.115. The van der Waals surface area contributed by atoms with Crippen LogP contribution in [0.1, 0.15) is 11.1 Å². The van der Waals surface area contributed by atoms with Crippen LogP contribution in [0.5, 0.6) is 5.75 Å². The topological polar surface area (TPSA) is 105 Å². The van der Waals surface area contributed by atoms with Gasteiger partial charge in [-0.1, -0.05) is 35.3 Å². The molecule has 2 aromatic carbocycles. The van der Waals surface area contributed by atoms with E-state index >= 15 is 0 Å². The molecular weight excluding hydrogens is 504 g/mol. The van der Waals surface area contributed by atoms with Crippen LogP contribution in [-0.2, 0) is 11.4 Å². The SMILES string of the molecule is N#C/C(=C/c1ccc(OCc2ccc(Cl)c(Cl)c2)c(I)c1)C(=O)NC(N)=O. The van der Waals surface area contributed by atoms with Crippen molar-refractivity contribution in [2.75, 3.05) is 0 Å². The minimum atomic E-state index is -1.03. The highest BCUT2D eigenvalue weighted by molar-refractivity contribution is 14.1. The number of hydrogen-bond acceptors (Lipinski definition) is 4. The molecule has 0 saturated carbocycles. The third kappa shape index (κ3) is 6.13. The summed E-state index contributed by atoms with van der Waals surface area (Å²) in [7, 11) is 0. The van der Waals surface area contributed by atoms with E-state index in [1.807, 2.05) is 11.4 Å². The van der Waals surface area contributed by atoms with Crippen LogP contribution in [0.4, 0.5) is 4.79 Å². The number of primary amides is 1. The van der Waals surface area contributed by atoms with Crippen LogP contribution in [0, 0.1) is 14.9 Å². The van der Waals surface area contributed by atoms with Gasteiger partial charge >= 0.3 is 6.03 Å². The van der Waals surface area contributed by atoms with Crippen LogP contribution >= 0.6 is 45.8 Å². The van der Waals surface area contributed by atoms with Gasteiger partial charge in [-0.2, -0.15) is 5.26 Å². The van der Waals surface area contributed by atoms with E-state index in [2.05, 4.69) is 22.6 Å². The number of nitrogens with two attached hydrogens (primary N) is 1. The number of amides is 3. The largest absolute Gasteiger partial charge is 0.488 e. The number of hydrogen-bond donors (Lipinski definition) is 2. The lowest BCUT2D eigenvalue weighted by atomic mass is 10.1. The summed E-state index contributed by atoms with van der Waals surface area (Å²) in [6, 6.07) is 11.1. The van der Waals surface area contributed by atoms with E-state index in [1.54, 1.807) is 36.4 Å². The minimum Gasteiger partial charge on any atom is -0.488 e. The van der Waals surface area contributed by atoms with Gasteiger partial charge in [0.05, 0.1) is 13.6 Å². The second kappa shape index (κ2) is 9.60. The van der Waals surface area contributed by atoms with Gasteiger partial charge in [-0.05, 0) is 64.1 Å². The highest BCUT2D eigenvalue weighted by Gasteiger charge is 2.11. The quantitative estimate of drug-likeness (QED) is 0.352. The summed E-state index contributed by atoms with van der Waals surface area (Å²) in [5, 5.41) is 11.8. The molecule has 0 spiro atoms. The number of urea groups is 1. The maximum absolute atomic E-state index is 11.7. The number of carbonyl (C=O) groups excluding carboxylic acids is 2. The summed E-state index contributed by atoms with van der Waals surface area (Å²) in [5.74, 6) is -0.237. The van der Waals surface area contributed by atoms with Gasteiger partial charge in [-0.25, -0.2) is 4.79 Å². The van der Waals surface area contributed by atoms with Gasteiger partial charge < -0.3 is 10.5 Å². The third-order valence-corrected chi connectivity index (χ3v) is 4.83. The first kappa shape index (κ1) is 21.0. The first-order chi connectivity index (χ1) is 12.8. The predicted molar refractivity (Wildman–Crippen MR) is 111 cm³/mol. The normalized spacial score (nSPS) is 10.8. The molecule has 2 rings (SSSR count). The second-order valence-corrected chi connectivity index (χ2v) is 7.19. The zero-order valence-corrected chi connectivity index (χ0v) is 17.3. The summed E-state index contributed by atoms with van der Waals surface area (Å²) < 4.78 is 6.54. The molecule has 0 atom stereocenters. The number of ether oxygens (including phenoxy) is 1. The van der Waals surface area contributed by atoms with Crippen LogP contribution in [0.2, 0.25) is 10.0 Å². The van der Waals surface area contributed by atoms with Crippen molar-refractivity contribution >= 4 is 63.8 Å². The van der Waals surface area contributed by atoms with E-state index < -0.39 is 11.9 Å². The van der Waals surface area contributed by atoms with Crippen LogP contribution < -0.4 is 15.8 Å². The van der Waals surface area contributed by atoms with Crippen LogP contribution in [-0.4, -0.2) is 11.9 Å². The van der Waals surface area contributed by atoms with E-state index in [0.717, 1.165) is 9.13 Å². The van der Waals surface area contributed by atoms with Crippen molar-refractivity contribution in [2.24, 2.45) is 5.73 Å². The van der Waals surface area contributed by atoms with Crippen molar-refractivity contribution in [3.63, 3.8) is 0 Å². The maximum Gasteiger partial charge on any atom is 0.319 e. The number of nitriles is 1. The maximum atomic E-state index is 11.7. The van der Waals surface area contributed by atoms with Gasteiger partial charge in [0.1, 0.15) is 24.0 Å². The predicted octanol–water partition coefficient (Wildman–Crippen LogP) is 4.28. The van der Waals surface area contributed by atoms with E-state index in [9.17, 15) is 9.59 Å². The Morgan fingerprint density at radius 1 is 1.22 bits per heavy atom. The summed E-state index contributed by atoms with van der Waals surface area (Å²) >= 11 is 13.9. The molecule has 0 aliphatic heterocycles. The van der Waals surface area contributed by atoms with Gasteiger partial charge in [0.25, 0.3) is 5.91 Å². The molecule has 0 saturated heterocycles. The van der Waals surface area contributed by atoms with E-state index in [-0.39, 0.29) is 5.57 Å². The van der Waals surface area contributed by atoms with Crippen molar-refractivity contribution in [3.8, 4) is 11.8 Å². The smallest absolute Gasteiger partial charge is 0.319 e. The number of rotatable bonds is 5. The van der Waals surface area contributed by atoms with Gasteiger partial charge in [-0.15, -0.1) is 0 Å². The van der Waals surface area contributed by atoms with Crippen LogP contribution in [0.25, 0.3) is 6.08 Å². The first-order valence-corrected chi connectivity index (χ1v) is 9.22. The molecular formula is C18H12Cl2IN3O3. The van der Waals surface area contributed by atoms with Crippen LogP contribution in [0.15, 0.2) is 42.0 Å². The fourth-order valence-corrected chi connectivity index (χ4v) is 3.02. The van der Waals surface area contributed by atoms with Gasteiger partial charge in [0, 0.05) is 0 Å². The Hall–Kier alpha value is -2.28. The number of nitrogens with one attached hydrogen (secondary N) is 1. The molecule has 0 unspecified atom stereocenters. The molecule has 0 fully saturated rings. The lowest BCUT2D eigenvalue weighted by Crippen LogP contribution is -2.35. The molecule has 0 bridgehead atoms. The molecule has 6 nitrogen and oxygen atoms in total. The fraction of sp³-hybridized carbons (Fsp3) is 0.0556. The summed E-state index contributed by atoms with van der Waals surface area (Å²) in [6.45, 7) is 0.298. The molecule has 2 aromatic rings. The van der Waals surface area contributed by atoms with Gasteiger partial charge in [0.2, 0.25) is 0 Å². The number of imide groups is 1. The van der Waals surface area contributed by atoms with Crippen LogP contribution in [0.3, 0.4) is 0 Å². The molecule has 3 N–H and O–H groups in total. The van der Waals surface area contributed by atoms with E-state index in [0.29, 0.717) is 28.0 Å². The molecule has 27 heavy (non-hydrogen) atoms. The molecule has 0 radical (unpaired) electrons. The third-order valence-electron chi connectivity index (χ3n) is 3.25. The molecule has 3 amide bonds. The Kier molecular flexibility index (Phi) is 7.47. The zero-order valence-electron chi connectivity index (χ0n) is 13.6. The monoisotopic (exact) mass is 515 g/mol. The molecule has 0 aliphatic carbocycles. The van der Waals surface area contributed by atoms with Crippen molar-refractivity contribution in [3.05, 3.63) is 66.7 Å². The summed E-state index contributed by atoms with van der Waals surface area (Å²) in [6.07, 6.45) is 1.35. The summed E-state index contributed by atoms with van der Waals surface area (Å²) in [5.41, 5.74) is 6.09. The van der Waals surface area contributed by atoms with E-state index in [1.165, 1.54) is 6.08 Å². The Morgan fingerprint density at radius 3 is 2.56 bits per heavy atom. The fourth-order valence-electron chi connectivity index (χ4n) is 2.01. The van der Waals surface area contributed by atoms with E-state index in [4.69, 9.17) is 38.9 Å². The Balaban J connectivity index is 2.13. The minimum absolute atomic E-state index is 0.242. The number of carbonyl (C=O) groups is 2. The van der Waals surface area contributed by atoms with Crippen molar-refractivity contribution < 1.29 is 14.3 Å². The zero-order chi connectivity index (χ0) is 20.0. The highest BCUT2D eigenvalue weighted by Crippen LogP contribution is 2.26. The van der Waals surface area contributed by atoms with Crippen molar-refractivity contribution in [2.45, 2.75) is 6.61 Å². The number of halogens is 3. The molecule has 0 aliphatic rings. The van der Waals surface area contributed by atoms with Crippen molar-refractivity contribution in [1.82, 2.24) is 5.32 Å². The average Bonchev–Trinajstić information content (AvgIpc) is 2.61.